The van der Waals surface area contributed by atoms with Crippen LogP contribution in [0, 0.1) is 6.92 Å². The van der Waals surface area contributed by atoms with Crippen LogP contribution in [0.1, 0.15) is 24.6 Å². The van der Waals surface area contributed by atoms with Crippen LogP contribution < -0.4 is 0 Å². The molecule has 1 unspecified atom stereocenters. The van der Waals surface area contributed by atoms with Crippen LogP contribution >= 0.6 is 11.6 Å². The van der Waals surface area contributed by atoms with Crippen LogP contribution in [-0.4, -0.2) is 15.2 Å². The second-order valence-electron chi connectivity index (χ2n) is 3.23. The number of hydrogen-bond donors (Lipinski definition) is 0. The fourth-order valence-electron chi connectivity index (χ4n) is 1.25. The van der Waals surface area contributed by atoms with E-state index in [0.717, 1.165) is 18.5 Å². The van der Waals surface area contributed by atoms with E-state index in [1.807, 2.05) is 25.6 Å². The Balaban J connectivity index is 2.57. The maximum Gasteiger partial charge on any atom is 0.0625 e. The summed E-state index contributed by atoms with van der Waals surface area (Å²) in [5.41, 5.74) is 2.43. The molecular formula is C9H15ClN2. The Hall–Kier alpha value is -0.500. The third-order valence-corrected chi connectivity index (χ3v) is 2.14. The van der Waals surface area contributed by atoms with E-state index in [4.69, 9.17) is 11.6 Å². The molecule has 0 aliphatic heterocycles. The standard InChI is InChI=1S/C9H15ClN2/c1-7(10)4-5-9-6-12(3)11-8(9)2/h6-7H,4-5H2,1-3H3. The molecule has 0 fully saturated rings. The number of alkyl halides is 1. The lowest BCUT2D eigenvalue weighted by Crippen LogP contribution is -1.94. The van der Waals surface area contributed by atoms with E-state index in [9.17, 15) is 0 Å². The van der Waals surface area contributed by atoms with Crippen LogP contribution in [0.15, 0.2) is 6.20 Å². The molecule has 3 heteroatoms. The Labute approximate surface area is 78.5 Å². The van der Waals surface area contributed by atoms with Crippen LogP contribution in [0.4, 0.5) is 0 Å². The van der Waals surface area contributed by atoms with Crippen LogP contribution in [0.5, 0.6) is 0 Å². The maximum absolute atomic E-state index is 5.86. The second kappa shape index (κ2) is 3.94. The summed E-state index contributed by atoms with van der Waals surface area (Å²) >= 11 is 5.86. The largest absolute Gasteiger partial charge is 0.275 e. The quantitative estimate of drug-likeness (QED) is 0.663. The van der Waals surface area contributed by atoms with E-state index in [-0.39, 0.29) is 5.38 Å². The Morgan fingerprint density at radius 1 is 1.67 bits per heavy atom. The minimum absolute atomic E-state index is 0.254. The van der Waals surface area contributed by atoms with Gasteiger partial charge in [-0.1, -0.05) is 0 Å². The molecular weight excluding hydrogens is 172 g/mol. The molecule has 1 aromatic rings. The molecule has 0 amide bonds. The minimum atomic E-state index is 0.254. The summed E-state index contributed by atoms with van der Waals surface area (Å²) in [7, 11) is 1.95. The van der Waals surface area contributed by atoms with Crippen LogP contribution in [-0.2, 0) is 13.5 Å². The molecule has 0 bridgehead atoms. The van der Waals surface area contributed by atoms with Crippen molar-refractivity contribution in [3.05, 3.63) is 17.5 Å². The summed E-state index contributed by atoms with van der Waals surface area (Å²) in [5, 5.41) is 4.52. The van der Waals surface area contributed by atoms with Crippen molar-refractivity contribution >= 4 is 11.6 Å². The van der Waals surface area contributed by atoms with Crippen LogP contribution in [0.3, 0.4) is 0 Å². The summed E-state index contributed by atoms with van der Waals surface area (Å²) in [6.45, 7) is 4.06. The van der Waals surface area contributed by atoms with E-state index in [1.165, 1.54) is 5.56 Å². The minimum Gasteiger partial charge on any atom is -0.275 e. The maximum atomic E-state index is 5.86. The van der Waals surface area contributed by atoms with E-state index in [1.54, 1.807) is 0 Å². The molecule has 0 saturated carbocycles. The first-order chi connectivity index (χ1) is 5.59. The molecule has 0 aromatic carbocycles. The van der Waals surface area contributed by atoms with Crippen LogP contribution in [0.2, 0.25) is 0 Å². The zero-order chi connectivity index (χ0) is 9.14. The molecule has 1 rings (SSSR count). The summed E-state index contributed by atoms with van der Waals surface area (Å²) in [6, 6.07) is 0. The van der Waals surface area contributed by atoms with Gasteiger partial charge >= 0.3 is 0 Å². The second-order valence-corrected chi connectivity index (χ2v) is 3.98. The molecule has 0 radical (unpaired) electrons. The molecule has 12 heavy (non-hydrogen) atoms. The first kappa shape index (κ1) is 9.59. The van der Waals surface area contributed by atoms with Gasteiger partial charge in [-0.2, -0.15) is 5.10 Å². The van der Waals surface area contributed by atoms with Gasteiger partial charge in [-0.15, -0.1) is 11.6 Å². The Morgan fingerprint density at radius 3 is 2.75 bits per heavy atom. The van der Waals surface area contributed by atoms with Crippen molar-refractivity contribution in [2.75, 3.05) is 0 Å². The lowest BCUT2D eigenvalue weighted by Gasteiger charge is -2.00. The summed E-state index contributed by atoms with van der Waals surface area (Å²) in [5.74, 6) is 0. The highest BCUT2D eigenvalue weighted by molar-refractivity contribution is 6.20. The molecule has 0 N–H and O–H groups in total. The normalized spacial score (nSPS) is 13.3. The number of hydrogen-bond acceptors (Lipinski definition) is 1. The summed E-state index contributed by atoms with van der Waals surface area (Å²) < 4.78 is 1.85. The Bertz CT molecular complexity index is 253. The average molecular weight is 187 g/mol. The highest BCUT2D eigenvalue weighted by Crippen LogP contribution is 2.11. The van der Waals surface area contributed by atoms with Gasteiger partial charge in [0.05, 0.1) is 5.69 Å². The molecule has 1 atom stereocenters. The van der Waals surface area contributed by atoms with Crippen molar-refractivity contribution in [1.29, 1.82) is 0 Å². The van der Waals surface area contributed by atoms with E-state index >= 15 is 0 Å². The molecule has 0 saturated heterocycles. The van der Waals surface area contributed by atoms with Crippen molar-refractivity contribution in [3.63, 3.8) is 0 Å². The predicted molar refractivity (Wildman–Crippen MR) is 51.6 cm³/mol. The fraction of sp³-hybridized carbons (Fsp3) is 0.667. The van der Waals surface area contributed by atoms with Gasteiger partial charge in [-0.25, -0.2) is 0 Å². The molecule has 0 aliphatic rings. The third kappa shape index (κ3) is 2.52. The lowest BCUT2D eigenvalue weighted by atomic mass is 10.1. The molecule has 0 spiro atoms. The number of rotatable bonds is 3. The van der Waals surface area contributed by atoms with Crippen LogP contribution in [0.25, 0.3) is 0 Å². The molecule has 1 heterocycles. The van der Waals surface area contributed by atoms with Crippen molar-refractivity contribution < 1.29 is 0 Å². The zero-order valence-corrected chi connectivity index (χ0v) is 8.60. The third-order valence-electron chi connectivity index (χ3n) is 1.93. The monoisotopic (exact) mass is 186 g/mol. The van der Waals surface area contributed by atoms with Crippen molar-refractivity contribution in [1.82, 2.24) is 9.78 Å². The SMILES string of the molecule is Cc1nn(C)cc1CCC(C)Cl. The van der Waals surface area contributed by atoms with Gasteiger partial charge in [0.1, 0.15) is 0 Å². The number of aryl methyl sites for hydroxylation is 3. The highest BCUT2D eigenvalue weighted by atomic mass is 35.5. The smallest absolute Gasteiger partial charge is 0.0625 e. The van der Waals surface area contributed by atoms with E-state index in [0.29, 0.717) is 0 Å². The zero-order valence-electron chi connectivity index (χ0n) is 7.84. The fourth-order valence-corrected chi connectivity index (χ4v) is 1.36. The molecule has 2 nitrogen and oxygen atoms in total. The number of aromatic nitrogens is 2. The first-order valence-corrected chi connectivity index (χ1v) is 4.66. The highest BCUT2D eigenvalue weighted by Gasteiger charge is 2.04. The van der Waals surface area contributed by atoms with Crippen molar-refractivity contribution in [2.24, 2.45) is 7.05 Å². The molecule has 0 aliphatic carbocycles. The van der Waals surface area contributed by atoms with E-state index < -0.39 is 0 Å². The molecule has 68 valence electrons. The molecule has 1 aromatic heterocycles. The topological polar surface area (TPSA) is 17.8 Å². The van der Waals surface area contributed by atoms with Crippen molar-refractivity contribution in [2.45, 2.75) is 32.1 Å². The van der Waals surface area contributed by atoms with Gasteiger partial charge in [0.2, 0.25) is 0 Å². The predicted octanol–water partition coefficient (Wildman–Crippen LogP) is 2.29. The lowest BCUT2D eigenvalue weighted by molar-refractivity contribution is 0.756. The van der Waals surface area contributed by atoms with Gasteiger partial charge in [0, 0.05) is 18.6 Å². The summed E-state index contributed by atoms with van der Waals surface area (Å²) in [6.07, 6.45) is 4.12. The number of halogens is 1. The first-order valence-electron chi connectivity index (χ1n) is 4.23. The van der Waals surface area contributed by atoms with Gasteiger partial charge in [-0.05, 0) is 32.3 Å². The summed E-state index contributed by atoms with van der Waals surface area (Å²) in [4.78, 5) is 0. The van der Waals surface area contributed by atoms with Gasteiger partial charge in [0.15, 0.2) is 0 Å². The number of nitrogens with zero attached hydrogens (tertiary/aromatic N) is 2. The van der Waals surface area contributed by atoms with E-state index in [2.05, 4.69) is 11.3 Å². The Kier molecular flexibility index (Phi) is 3.15. The van der Waals surface area contributed by atoms with Gasteiger partial charge < -0.3 is 0 Å². The Morgan fingerprint density at radius 2 is 2.33 bits per heavy atom. The average Bonchev–Trinajstić information content (AvgIpc) is 2.26. The van der Waals surface area contributed by atoms with Gasteiger partial charge in [0.25, 0.3) is 0 Å². The van der Waals surface area contributed by atoms with Gasteiger partial charge in [-0.3, -0.25) is 4.68 Å². The van der Waals surface area contributed by atoms with Crippen molar-refractivity contribution in [3.8, 4) is 0 Å².